The molecule has 2 atom stereocenters. The fourth-order valence-corrected chi connectivity index (χ4v) is 3.51. The molecule has 0 amide bonds. The Hall–Kier alpha value is -0.610. The number of anilines is 2. The smallest absolute Gasteiger partial charge is 0.153 e. The van der Waals surface area contributed by atoms with Crippen molar-refractivity contribution in [2.45, 2.75) is 24.3 Å². The number of hydrogen-bond acceptors (Lipinski definition) is 4. The van der Waals surface area contributed by atoms with Crippen molar-refractivity contribution < 1.29 is 0 Å². The molecule has 1 fully saturated rings. The maximum absolute atomic E-state index is 5.94. The van der Waals surface area contributed by atoms with E-state index >= 15 is 0 Å². The van der Waals surface area contributed by atoms with Crippen LogP contribution in [0, 0.1) is 0 Å². The monoisotopic (exact) mass is 257 g/mol. The molecule has 0 radical (unpaired) electrons. The number of nitrogens with two attached hydrogens (primary N) is 1. The minimum absolute atomic E-state index is 0.503. The summed E-state index contributed by atoms with van der Waals surface area (Å²) in [5.41, 5.74) is 6.65. The van der Waals surface area contributed by atoms with Gasteiger partial charge in [-0.2, -0.15) is 11.8 Å². The van der Waals surface area contributed by atoms with Crippen molar-refractivity contribution in [1.82, 2.24) is 4.98 Å². The summed E-state index contributed by atoms with van der Waals surface area (Å²) >= 11 is 7.92. The van der Waals surface area contributed by atoms with Crippen LogP contribution >= 0.6 is 23.4 Å². The van der Waals surface area contributed by atoms with Gasteiger partial charge < -0.3 is 10.6 Å². The lowest BCUT2D eigenvalue weighted by molar-refractivity contribution is 0.720. The second-order valence-electron chi connectivity index (χ2n) is 4.21. The molecule has 5 heteroatoms. The summed E-state index contributed by atoms with van der Waals surface area (Å²) in [4.78, 5) is 6.55. The zero-order chi connectivity index (χ0) is 11.7. The maximum Gasteiger partial charge on any atom is 0.153 e. The Morgan fingerprint density at radius 1 is 1.38 bits per heavy atom. The summed E-state index contributed by atoms with van der Waals surface area (Å²) in [6.45, 7) is 6.42. The SMILES string of the molecule is CC1CN(c2nc(Cl)ccc2N)CC(C)S1. The van der Waals surface area contributed by atoms with Crippen molar-refractivity contribution in [3.63, 3.8) is 0 Å². The number of nitrogen functional groups attached to an aromatic ring is 1. The van der Waals surface area contributed by atoms with E-state index < -0.39 is 0 Å². The first-order chi connectivity index (χ1) is 7.56. The molecule has 2 heterocycles. The number of nitrogens with zero attached hydrogens (tertiary/aromatic N) is 2. The van der Waals surface area contributed by atoms with E-state index in [4.69, 9.17) is 17.3 Å². The van der Waals surface area contributed by atoms with Gasteiger partial charge in [0, 0.05) is 23.6 Å². The van der Waals surface area contributed by atoms with Gasteiger partial charge in [-0.05, 0) is 12.1 Å². The average molecular weight is 258 g/mol. The van der Waals surface area contributed by atoms with Gasteiger partial charge in [0.15, 0.2) is 5.82 Å². The summed E-state index contributed by atoms with van der Waals surface area (Å²) in [6.07, 6.45) is 0. The van der Waals surface area contributed by atoms with Crippen LogP contribution in [0.3, 0.4) is 0 Å². The van der Waals surface area contributed by atoms with Gasteiger partial charge in [-0.15, -0.1) is 0 Å². The molecule has 1 aliphatic heterocycles. The molecule has 1 saturated heterocycles. The summed E-state index contributed by atoms with van der Waals surface area (Å²) < 4.78 is 0. The molecule has 0 aromatic carbocycles. The van der Waals surface area contributed by atoms with Gasteiger partial charge in [-0.25, -0.2) is 4.98 Å². The first kappa shape index (κ1) is 11.9. The lowest BCUT2D eigenvalue weighted by Crippen LogP contribution is -2.41. The molecule has 2 N–H and O–H groups in total. The van der Waals surface area contributed by atoms with Crippen molar-refractivity contribution in [2.75, 3.05) is 23.7 Å². The summed E-state index contributed by atoms with van der Waals surface area (Å²) in [6, 6.07) is 3.55. The van der Waals surface area contributed by atoms with Crippen LogP contribution in [-0.4, -0.2) is 28.6 Å². The quantitative estimate of drug-likeness (QED) is 0.786. The number of aromatic nitrogens is 1. The molecule has 16 heavy (non-hydrogen) atoms. The molecule has 88 valence electrons. The highest BCUT2D eigenvalue weighted by molar-refractivity contribution is 8.00. The highest BCUT2D eigenvalue weighted by atomic mass is 35.5. The number of thioether (sulfide) groups is 1. The standard InChI is InChI=1S/C11H16ClN3S/c1-7-5-15(6-8(2)16-7)11-9(13)3-4-10(12)14-11/h3-4,7-8H,5-6,13H2,1-2H3. The molecule has 0 bridgehead atoms. The van der Waals surface area contributed by atoms with E-state index in [9.17, 15) is 0 Å². The molecular formula is C11H16ClN3S. The third-order valence-corrected chi connectivity index (χ3v) is 4.03. The van der Waals surface area contributed by atoms with E-state index in [0.29, 0.717) is 21.3 Å². The topological polar surface area (TPSA) is 42.2 Å². The van der Waals surface area contributed by atoms with Gasteiger partial charge in [0.25, 0.3) is 0 Å². The Kier molecular flexibility index (Phi) is 3.50. The van der Waals surface area contributed by atoms with Crippen LogP contribution in [0.2, 0.25) is 5.15 Å². The third kappa shape index (κ3) is 2.55. The van der Waals surface area contributed by atoms with Crippen LogP contribution in [0.1, 0.15) is 13.8 Å². The Labute approximate surface area is 105 Å². The second-order valence-corrected chi connectivity index (χ2v) is 6.48. The highest BCUT2D eigenvalue weighted by Gasteiger charge is 2.24. The first-order valence-corrected chi connectivity index (χ1v) is 6.70. The molecular weight excluding hydrogens is 242 g/mol. The molecule has 1 aromatic heterocycles. The van der Waals surface area contributed by atoms with Crippen molar-refractivity contribution in [2.24, 2.45) is 0 Å². The first-order valence-electron chi connectivity index (χ1n) is 5.38. The van der Waals surface area contributed by atoms with E-state index in [-0.39, 0.29) is 0 Å². The van der Waals surface area contributed by atoms with Crippen LogP contribution < -0.4 is 10.6 Å². The summed E-state index contributed by atoms with van der Waals surface area (Å²) in [7, 11) is 0. The van der Waals surface area contributed by atoms with Gasteiger partial charge in [-0.1, -0.05) is 25.4 Å². The van der Waals surface area contributed by atoms with E-state index in [1.165, 1.54) is 0 Å². The summed E-state index contributed by atoms with van der Waals surface area (Å²) in [5.74, 6) is 0.825. The number of halogens is 1. The van der Waals surface area contributed by atoms with E-state index in [2.05, 4.69) is 23.7 Å². The van der Waals surface area contributed by atoms with Crippen molar-refractivity contribution >= 4 is 34.9 Å². The van der Waals surface area contributed by atoms with Crippen LogP contribution in [0.15, 0.2) is 12.1 Å². The zero-order valence-electron chi connectivity index (χ0n) is 9.48. The molecule has 3 nitrogen and oxygen atoms in total. The maximum atomic E-state index is 5.94. The Morgan fingerprint density at radius 2 is 2.00 bits per heavy atom. The molecule has 2 unspecified atom stereocenters. The average Bonchev–Trinajstić information content (AvgIpc) is 2.20. The van der Waals surface area contributed by atoms with Gasteiger partial charge in [0.1, 0.15) is 5.15 Å². The Bertz CT molecular complexity index is 375. The van der Waals surface area contributed by atoms with Crippen LogP contribution in [0.25, 0.3) is 0 Å². The lowest BCUT2D eigenvalue weighted by atomic mass is 10.3. The number of hydrogen-bond donors (Lipinski definition) is 1. The van der Waals surface area contributed by atoms with Crippen LogP contribution in [0.4, 0.5) is 11.5 Å². The Morgan fingerprint density at radius 3 is 2.62 bits per heavy atom. The van der Waals surface area contributed by atoms with Gasteiger partial charge >= 0.3 is 0 Å². The van der Waals surface area contributed by atoms with Crippen molar-refractivity contribution in [3.8, 4) is 0 Å². The van der Waals surface area contributed by atoms with Crippen LogP contribution in [0.5, 0.6) is 0 Å². The minimum Gasteiger partial charge on any atom is -0.396 e. The number of pyridine rings is 1. The largest absolute Gasteiger partial charge is 0.396 e. The fourth-order valence-electron chi connectivity index (χ4n) is 2.04. The molecule has 2 rings (SSSR count). The third-order valence-electron chi connectivity index (χ3n) is 2.59. The molecule has 0 aliphatic carbocycles. The van der Waals surface area contributed by atoms with Crippen molar-refractivity contribution in [3.05, 3.63) is 17.3 Å². The van der Waals surface area contributed by atoms with Gasteiger partial charge in [0.05, 0.1) is 5.69 Å². The minimum atomic E-state index is 0.503. The number of rotatable bonds is 1. The highest BCUT2D eigenvalue weighted by Crippen LogP contribution is 2.31. The van der Waals surface area contributed by atoms with Crippen LogP contribution in [-0.2, 0) is 0 Å². The van der Waals surface area contributed by atoms with Gasteiger partial charge in [0.2, 0.25) is 0 Å². The Balaban J connectivity index is 2.25. The van der Waals surface area contributed by atoms with E-state index in [1.807, 2.05) is 17.8 Å². The van der Waals surface area contributed by atoms with Crippen molar-refractivity contribution in [1.29, 1.82) is 0 Å². The molecule has 0 saturated carbocycles. The second kappa shape index (κ2) is 4.72. The summed E-state index contributed by atoms with van der Waals surface area (Å²) in [5, 5.41) is 1.70. The molecule has 1 aliphatic rings. The normalized spacial score (nSPS) is 25.8. The molecule has 0 spiro atoms. The molecule has 1 aromatic rings. The zero-order valence-corrected chi connectivity index (χ0v) is 11.1. The predicted molar refractivity (Wildman–Crippen MR) is 72.4 cm³/mol. The fraction of sp³-hybridized carbons (Fsp3) is 0.545. The van der Waals surface area contributed by atoms with E-state index in [0.717, 1.165) is 18.9 Å². The predicted octanol–water partition coefficient (Wildman–Crippen LogP) is 2.65. The van der Waals surface area contributed by atoms with E-state index in [1.54, 1.807) is 6.07 Å². The lowest BCUT2D eigenvalue weighted by Gasteiger charge is -2.35. The van der Waals surface area contributed by atoms with Gasteiger partial charge in [-0.3, -0.25) is 0 Å².